The molecule has 0 aliphatic carbocycles. The lowest BCUT2D eigenvalue weighted by Crippen LogP contribution is -2.26. The molecule has 0 saturated heterocycles. The molecule has 2 aromatic rings. The number of amides is 1. The molecule has 0 fully saturated rings. The van der Waals surface area contributed by atoms with Crippen LogP contribution in [-0.4, -0.2) is 22.9 Å². The minimum absolute atomic E-state index is 0.176. The van der Waals surface area contributed by atoms with E-state index >= 15 is 0 Å². The van der Waals surface area contributed by atoms with E-state index in [1.165, 1.54) is 17.2 Å². The van der Waals surface area contributed by atoms with Gasteiger partial charge in [0.1, 0.15) is 17.6 Å². The average molecular weight is 226 g/mol. The van der Waals surface area contributed by atoms with E-state index in [1.807, 2.05) is 12.1 Å². The number of carbonyl (C=O) groups excluding carboxylic acids is 1. The number of hydrogen-bond donors (Lipinski definition) is 1. The molecule has 0 aliphatic rings. The van der Waals surface area contributed by atoms with Gasteiger partial charge in [-0.15, -0.1) is 0 Å². The molecule has 0 unspecified atom stereocenters. The van der Waals surface area contributed by atoms with Gasteiger partial charge in [0.15, 0.2) is 0 Å². The zero-order valence-corrected chi connectivity index (χ0v) is 9.21. The van der Waals surface area contributed by atoms with Crippen molar-refractivity contribution in [3.63, 3.8) is 0 Å². The number of rotatable bonds is 2. The molecule has 17 heavy (non-hydrogen) atoms. The predicted molar refractivity (Wildman–Crippen MR) is 62.5 cm³/mol. The summed E-state index contributed by atoms with van der Waals surface area (Å²) in [4.78, 5) is 20.3. The maximum atomic E-state index is 12.0. The van der Waals surface area contributed by atoms with Crippen molar-refractivity contribution in [3.05, 3.63) is 47.9 Å². The Morgan fingerprint density at radius 2 is 2.29 bits per heavy atom. The zero-order valence-electron chi connectivity index (χ0n) is 9.21. The van der Waals surface area contributed by atoms with Crippen molar-refractivity contribution in [2.45, 2.75) is 0 Å². The van der Waals surface area contributed by atoms with Crippen LogP contribution in [0.3, 0.4) is 0 Å². The van der Waals surface area contributed by atoms with E-state index in [2.05, 4.69) is 9.97 Å². The Balaban J connectivity index is 2.22. The summed E-state index contributed by atoms with van der Waals surface area (Å²) >= 11 is 0. The van der Waals surface area contributed by atoms with E-state index in [9.17, 15) is 4.79 Å². The molecule has 0 radical (unpaired) electrons. The third-order valence-corrected chi connectivity index (χ3v) is 2.37. The Hall–Kier alpha value is -2.61. The van der Waals surface area contributed by atoms with Crippen molar-refractivity contribution in [2.75, 3.05) is 11.9 Å². The molecule has 0 saturated carbocycles. The fourth-order valence-corrected chi connectivity index (χ4v) is 1.42. The minimum atomic E-state index is -0.176. The highest BCUT2D eigenvalue weighted by Gasteiger charge is 2.14. The van der Waals surface area contributed by atoms with E-state index in [-0.39, 0.29) is 5.91 Å². The van der Waals surface area contributed by atoms with Gasteiger partial charge in [0, 0.05) is 19.4 Å². The van der Waals surface area contributed by atoms with E-state index < -0.39 is 0 Å². The highest BCUT2D eigenvalue weighted by Crippen LogP contribution is 2.12. The Morgan fingerprint density at radius 1 is 1.47 bits per heavy atom. The molecular weight excluding hydrogens is 216 g/mol. The zero-order chi connectivity index (χ0) is 12.3. The third-order valence-electron chi connectivity index (χ3n) is 2.37. The Labute approximate surface area is 98.3 Å². The normalized spacial score (nSPS) is 9.65. The Kier molecular flexibility index (Phi) is 2.88. The van der Waals surface area contributed by atoms with Gasteiger partial charge in [0.05, 0.1) is 5.56 Å². The number of aromatic nitrogens is 2. The first-order valence-electron chi connectivity index (χ1n) is 5.00. The first-order chi connectivity index (χ1) is 8.22. The lowest BCUT2D eigenvalue weighted by Gasteiger charge is -2.14. The molecule has 0 atom stereocenters. The summed E-state index contributed by atoms with van der Waals surface area (Å²) in [6.07, 6.45) is 3.15. The molecular formula is C12H10N4O. The number of anilines is 1. The number of nitrogens with one attached hydrogen (secondary N) is 1. The summed E-state index contributed by atoms with van der Waals surface area (Å²) in [6.45, 7) is 0. The van der Waals surface area contributed by atoms with Gasteiger partial charge in [0.2, 0.25) is 0 Å². The molecule has 0 spiro atoms. The highest BCUT2D eigenvalue weighted by molar-refractivity contribution is 6.05. The van der Waals surface area contributed by atoms with Gasteiger partial charge in [-0.1, -0.05) is 0 Å². The smallest absolute Gasteiger partial charge is 0.260 e. The maximum Gasteiger partial charge on any atom is 0.260 e. The predicted octanol–water partition coefficient (Wildman–Crippen LogP) is 1.56. The van der Waals surface area contributed by atoms with E-state index in [4.69, 9.17) is 5.26 Å². The lowest BCUT2D eigenvalue weighted by molar-refractivity contribution is 0.0992. The van der Waals surface area contributed by atoms with Crippen molar-refractivity contribution in [1.82, 2.24) is 9.97 Å². The van der Waals surface area contributed by atoms with Gasteiger partial charge >= 0.3 is 0 Å². The third kappa shape index (κ3) is 2.16. The maximum absolute atomic E-state index is 12.0. The second-order valence-corrected chi connectivity index (χ2v) is 3.46. The molecule has 0 aromatic carbocycles. The van der Waals surface area contributed by atoms with Gasteiger partial charge in [0.25, 0.3) is 5.91 Å². The lowest BCUT2D eigenvalue weighted by atomic mass is 10.2. The highest BCUT2D eigenvalue weighted by atomic mass is 16.2. The monoisotopic (exact) mass is 226 g/mol. The van der Waals surface area contributed by atoms with Gasteiger partial charge in [-0.2, -0.15) is 5.26 Å². The van der Waals surface area contributed by atoms with Crippen molar-refractivity contribution in [1.29, 1.82) is 5.26 Å². The fraction of sp³-hybridized carbons (Fsp3) is 0.0833. The van der Waals surface area contributed by atoms with E-state index in [0.29, 0.717) is 17.1 Å². The first-order valence-corrected chi connectivity index (χ1v) is 5.00. The summed E-state index contributed by atoms with van der Waals surface area (Å²) in [5.74, 6) is 0.531. The van der Waals surface area contributed by atoms with E-state index in [0.717, 1.165) is 0 Å². The molecule has 5 heteroatoms. The van der Waals surface area contributed by atoms with Crippen LogP contribution in [0.2, 0.25) is 0 Å². The molecule has 2 aromatic heterocycles. The van der Waals surface area contributed by atoms with Crippen LogP contribution in [0, 0.1) is 11.3 Å². The number of nitrogens with zero attached hydrogens (tertiary/aromatic N) is 3. The second-order valence-electron chi connectivity index (χ2n) is 3.46. The second kappa shape index (κ2) is 4.49. The Morgan fingerprint density at radius 3 is 2.82 bits per heavy atom. The first kappa shape index (κ1) is 10.9. The summed E-state index contributed by atoms with van der Waals surface area (Å²) in [6, 6.07) is 8.64. The SMILES string of the molecule is CN(C(=O)c1ccc(C#N)nc1)c1ccc[nH]1. The summed E-state index contributed by atoms with van der Waals surface area (Å²) in [5.41, 5.74) is 0.741. The number of H-pyrrole nitrogens is 1. The van der Waals surface area contributed by atoms with Crippen molar-refractivity contribution in [2.24, 2.45) is 0 Å². The number of aromatic amines is 1. The molecule has 0 aliphatic heterocycles. The summed E-state index contributed by atoms with van der Waals surface area (Å²) in [5, 5.41) is 8.61. The van der Waals surface area contributed by atoms with E-state index in [1.54, 1.807) is 25.4 Å². The molecule has 0 bridgehead atoms. The summed E-state index contributed by atoms with van der Waals surface area (Å²) in [7, 11) is 1.67. The van der Waals surface area contributed by atoms with Crippen molar-refractivity contribution in [3.8, 4) is 6.07 Å². The fourth-order valence-electron chi connectivity index (χ4n) is 1.42. The van der Waals surface area contributed by atoms with Crippen molar-refractivity contribution >= 4 is 11.7 Å². The molecule has 84 valence electrons. The largest absolute Gasteiger partial charge is 0.348 e. The molecule has 5 nitrogen and oxygen atoms in total. The van der Waals surface area contributed by atoms with Crippen LogP contribution in [0.5, 0.6) is 0 Å². The Bertz CT molecular complexity index is 551. The van der Waals surface area contributed by atoms with Crippen LogP contribution >= 0.6 is 0 Å². The number of carbonyl (C=O) groups is 1. The molecule has 2 rings (SSSR count). The summed E-state index contributed by atoms with van der Waals surface area (Å²) < 4.78 is 0. The molecule has 2 heterocycles. The number of nitriles is 1. The van der Waals surface area contributed by atoms with Crippen LogP contribution in [0.4, 0.5) is 5.82 Å². The molecule has 1 N–H and O–H groups in total. The van der Waals surface area contributed by atoms with Gasteiger partial charge < -0.3 is 4.98 Å². The van der Waals surface area contributed by atoms with Crippen LogP contribution in [0.25, 0.3) is 0 Å². The minimum Gasteiger partial charge on any atom is -0.348 e. The number of hydrogen-bond acceptors (Lipinski definition) is 3. The topological polar surface area (TPSA) is 72.8 Å². The van der Waals surface area contributed by atoms with Crippen LogP contribution in [-0.2, 0) is 0 Å². The quantitative estimate of drug-likeness (QED) is 0.844. The molecule has 1 amide bonds. The number of pyridine rings is 1. The van der Waals surface area contributed by atoms with Gasteiger partial charge in [-0.05, 0) is 24.3 Å². The average Bonchev–Trinajstić information content (AvgIpc) is 2.91. The standard InChI is InChI=1S/C12H10N4O/c1-16(11-3-2-6-14-11)12(17)9-4-5-10(7-13)15-8-9/h2-6,8,14H,1H3. The van der Waals surface area contributed by atoms with Crippen molar-refractivity contribution < 1.29 is 4.79 Å². The van der Waals surface area contributed by atoms with Gasteiger partial charge in [-0.3, -0.25) is 9.69 Å². The van der Waals surface area contributed by atoms with Crippen LogP contribution in [0.1, 0.15) is 16.1 Å². The van der Waals surface area contributed by atoms with Crippen LogP contribution in [0.15, 0.2) is 36.7 Å². The van der Waals surface area contributed by atoms with Crippen LogP contribution < -0.4 is 4.90 Å². The van der Waals surface area contributed by atoms with Gasteiger partial charge in [-0.25, -0.2) is 4.98 Å².